The van der Waals surface area contributed by atoms with Gasteiger partial charge in [-0.2, -0.15) is 5.10 Å². The number of hydrogen-bond acceptors (Lipinski definition) is 4. The van der Waals surface area contributed by atoms with Crippen molar-refractivity contribution >= 4 is 11.8 Å². The number of benzene rings is 1. The van der Waals surface area contributed by atoms with Gasteiger partial charge in [-0.05, 0) is 23.5 Å². The smallest absolute Gasteiger partial charge is 0.185 e. The third-order valence-electron chi connectivity index (χ3n) is 3.11. The van der Waals surface area contributed by atoms with E-state index in [0.29, 0.717) is 5.92 Å². The van der Waals surface area contributed by atoms with E-state index >= 15 is 0 Å². The van der Waals surface area contributed by atoms with Crippen LogP contribution in [0.5, 0.6) is 0 Å². The molecule has 1 aromatic heterocycles. The van der Waals surface area contributed by atoms with E-state index in [9.17, 15) is 0 Å². The van der Waals surface area contributed by atoms with E-state index in [0.717, 1.165) is 17.3 Å². The van der Waals surface area contributed by atoms with Crippen molar-refractivity contribution in [1.82, 2.24) is 14.8 Å². The van der Waals surface area contributed by atoms with Crippen molar-refractivity contribution in [1.29, 1.82) is 0 Å². The van der Waals surface area contributed by atoms with Crippen molar-refractivity contribution in [3.8, 4) is 0 Å². The van der Waals surface area contributed by atoms with Crippen LogP contribution in [0.2, 0.25) is 0 Å². The topological polar surface area (TPSA) is 56.7 Å². The van der Waals surface area contributed by atoms with E-state index < -0.39 is 0 Å². The summed E-state index contributed by atoms with van der Waals surface area (Å²) in [4.78, 5) is 4.19. The third-order valence-corrected chi connectivity index (χ3v) is 4.27. The van der Waals surface area contributed by atoms with Gasteiger partial charge in [0, 0.05) is 18.8 Å². The van der Waals surface area contributed by atoms with Crippen molar-refractivity contribution < 1.29 is 0 Å². The first-order chi connectivity index (χ1) is 9.56. The molecule has 2 aromatic rings. The first-order valence-corrected chi connectivity index (χ1v) is 7.86. The third kappa shape index (κ3) is 4.08. The van der Waals surface area contributed by atoms with Gasteiger partial charge < -0.3 is 5.73 Å². The molecule has 1 atom stereocenters. The standard InChI is InChI=1S/C15H22N4S/c1-11(2)8-12-4-6-13(7-5-12)14(16)9-20-15-17-10-18-19(15)3/h4-7,10-11,14H,8-9,16H2,1-3H3. The van der Waals surface area contributed by atoms with Crippen LogP contribution in [0.1, 0.15) is 31.0 Å². The van der Waals surface area contributed by atoms with Crippen LogP contribution in [0.25, 0.3) is 0 Å². The summed E-state index contributed by atoms with van der Waals surface area (Å²) in [5.41, 5.74) is 8.78. The number of aromatic nitrogens is 3. The van der Waals surface area contributed by atoms with Gasteiger partial charge in [0.05, 0.1) is 0 Å². The second-order valence-electron chi connectivity index (χ2n) is 5.42. The molecular formula is C15H22N4S. The highest BCUT2D eigenvalue weighted by Gasteiger charge is 2.09. The maximum atomic E-state index is 6.23. The summed E-state index contributed by atoms with van der Waals surface area (Å²) in [6.07, 6.45) is 2.68. The second kappa shape index (κ2) is 6.90. The molecule has 108 valence electrons. The highest BCUT2D eigenvalue weighted by atomic mass is 32.2. The Kier molecular flexibility index (Phi) is 5.20. The molecule has 0 aliphatic carbocycles. The zero-order valence-electron chi connectivity index (χ0n) is 12.3. The van der Waals surface area contributed by atoms with Gasteiger partial charge in [-0.3, -0.25) is 0 Å². The Morgan fingerprint density at radius 2 is 1.95 bits per heavy atom. The van der Waals surface area contributed by atoms with E-state index in [1.807, 2.05) is 7.05 Å². The molecule has 1 heterocycles. The Hall–Kier alpha value is -1.33. The first-order valence-electron chi connectivity index (χ1n) is 6.87. The van der Waals surface area contributed by atoms with E-state index in [1.54, 1.807) is 22.8 Å². The Morgan fingerprint density at radius 3 is 2.50 bits per heavy atom. The summed E-state index contributed by atoms with van der Waals surface area (Å²) >= 11 is 1.64. The Balaban J connectivity index is 1.92. The van der Waals surface area contributed by atoms with Crippen molar-refractivity contribution in [2.45, 2.75) is 31.5 Å². The minimum Gasteiger partial charge on any atom is -0.323 e. The van der Waals surface area contributed by atoms with Gasteiger partial charge in [0.25, 0.3) is 0 Å². The van der Waals surface area contributed by atoms with Crippen LogP contribution in [-0.4, -0.2) is 20.5 Å². The van der Waals surface area contributed by atoms with E-state index in [1.165, 1.54) is 11.1 Å². The molecule has 0 fully saturated rings. The summed E-state index contributed by atoms with van der Waals surface area (Å²) in [6.45, 7) is 4.47. The monoisotopic (exact) mass is 290 g/mol. The average Bonchev–Trinajstić information content (AvgIpc) is 2.82. The lowest BCUT2D eigenvalue weighted by Gasteiger charge is -2.12. The number of aryl methyl sites for hydroxylation is 1. The molecule has 0 aliphatic rings. The molecule has 0 amide bonds. The normalized spacial score (nSPS) is 12.8. The maximum absolute atomic E-state index is 6.23. The highest BCUT2D eigenvalue weighted by Crippen LogP contribution is 2.21. The van der Waals surface area contributed by atoms with Crippen molar-refractivity contribution in [3.63, 3.8) is 0 Å². The number of thioether (sulfide) groups is 1. The highest BCUT2D eigenvalue weighted by molar-refractivity contribution is 7.99. The Morgan fingerprint density at radius 1 is 1.25 bits per heavy atom. The summed E-state index contributed by atoms with van der Waals surface area (Å²) in [6, 6.07) is 8.66. The molecule has 0 saturated heterocycles. The summed E-state index contributed by atoms with van der Waals surface area (Å²) in [5, 5.41) is 4.95. The molecule has 2 rings (SSSR count). The van der Waals surface area contributed by atoms with Gasteiger partial charge in [0.1, 0.15) is 6.33 Å². The van der Waals surface area contributed by atoms with Crippen molar-refractivity contribution in [3.05, 3.63) is 41.7 Å². The maximum Gasteiger partial charge on any atom is 0.185 e. The fraction of sp³-hybridized carbons (Fsp3) is 0.467. The Bertz CT molecular complexity index is 533. The van der Waals surface area contributed by atoms with Crippen LogP contribution in [0.3, 0.4) is 0 Å². The molecule has 0 bridgehead atoms. The largest absolute Gasteiger partial charge is 0.323 e. The van der Waals surface area contributed by atoms with Crippen LogP contribution in [0.4, 0.5) is 0 Å². The number of nitrogens with two attached hydrogens (primary N) is 1. The lowest BCUT2D eigenvalue weighted by Crippen LogP contribution is -2.13. The summed E-state index contributed by atoms with van der Waals surface area (Å²) < 4.78 is 1.77. The zero-order valence-corrected chi connectivity index (χ0v) is 13.1. The fourth-order valence-electron chi connectivity index (χ4n) is 2.05. The van der Waals surface area contributed by atoms with Crippen LogP contribution in [0, 0.1) is 5.92 Å². The predicted octanol–water partition coefficient (Wildman–Crippen LogP) is 2.81. The van der Waals surface area contributed by atoms with Crippen LogP contribution in [-0.2, 0) is 13.5 Å². The van der Waals surface area contributed by atoms with E-state index in [-0.39, 0.29) is 6.04 Å². The molecule has 0 spiro atoms. The average molecular weight is 290 g/mol. The predicted molar refractivity (Wildman–Crippen MR) is 83.6 cm³/mol. The van der Waals surface area contributed by atoms with Gasteiger partial charge in [-0.15, -0.1) is 0 Å². The molecule has 1 aromatic carbocycles. The molecular weight excluding hydrogens is 268 g/mol. The quantitative estimate of drug-likeness (QED) is 0.831. The lowest BCUT2D eigenvalue weighted by atomic mass is 10.0. The summed E-state index contributed by atoms with van der Waals surface area (Å²) in [5.74, 6) is 1.48. The molecule has 4 nitrogen and oxygen atoms in total. The fourth-order valence-corrected chi connectivity index (χ4v) is 2.93. The van der Waals surface area contributed by atoms with Gasteiger partial charge in [-0.25, -0.2) is 9.67 Å². The number of hydrogen-bond donors (Lipinski definition) is 1. The molecule has 1 unspecified atom stereocenters. The van der Waals surface area contributed by atoms with Crippen molar-refractivity contribution in [2.24, 2.45) is 18.7 Å². The number of nitrogens with zero attached hydrogens (tertiary/aromatic N) is 3. The zero-order chi connectivity index (χ0) is 14.5. The second-order valence-corrected chi connectivity index (χ2v) is 6.41. The first kappa shape index (κ1) is 15.1. The van der Waals surface area contributed by atoms with Crippen LogP contribution in [0.15, 0.2) is 35.7 Å². The van der Waals surface area contributed by atoms with Crippen LogP contribution >= 0.6 is 11.8 Å². The van der Waals surface area contributed by atoms with Gasteiger partial charge >= 0.3 is 0 Å². The van der Waals surface area contributed by atoms with E-state index in [2.05, 4.69) is 48.2 Å². The van der Waals surface area contributed by atoms with Crippen molar-refractivity contribution in [2.75, 3.05) is 5.75 Å². The van der Waals surface area contributed by atoms with E-state index in [4.69, 9.17) is 5.73 Å². The molecule has 0 saturated carbocycles. The summed E-state index contributed by atoms with van der Waals surface area (Å²) in [7, 11) is 1.89. The lowest BCUT2D eigenvalue weighted by molar-refractivity contribution is 0.647. The molecule has 0 aliphatic heterocycles. The van der Waals surface area contributed by atoms with Gasteiger partial charge in [-0.1, -0.05) is 49.9 Å². The minimum absolute atomic E-state index is 0.0183. The molecule has 2 N–H and O–H groups in total. The Labute approximate surface area is 124 Å². The SMILES string of the molecule is CC(C)Cc1ccc(C(N)CSc2ncnn2C)cc1. The number of rotatable bonds is 6. The minimum atomic E-state index is 0.0183. The van der Waals surface area contributed by atoms with Gasteiger partial charge in [0.2, 0.25) is 0 Å². The molecule has 5 heteroatoms. The van der Waals surface area contributed by atoms with Gasteiger partial charge in [0.15, 0.2) is 5.16 Å². The molecule has 20 heavy (non-hydrogen) atoms. The molecule has 0 radical (unpaired) electrons. The van der Waals surface area contributed by atoms with Crippen LogP contribution < -0.4 is 5.73 Å².